The van der Waals surface area contributed by atoms with Crippen LogP contribution in [-0.4, -0.2) is 33.8 Å². The van der Waals surface area contributed by atoms with E-state index in [0.29, 0.717) is 26.1 Å². The Labute approximate surface area is 124 Å². The van der Waals surface area contributed by atoms with Crippen LogP contribution in [0.3, 0.4) is 0 Å². The molecule has 0 aliphatic carbocycles. The molecule has 0 saturated heterocycles. The lowest BCUT2D eigenvalue weighted by molar-refractivity contribution is -0.121. The topological polar surface area (TPSA) is 69.0 Å². The maximum atomic E-state index is 11.7. The van der Waals surface area contributed by atoms with Gasteiger partial charge in [-0.25, -0.2) is 4.98 Å². The Morgan fingerprint density at radius 1 is 1.33 bits per heavy atom. The van der Waals surface area contributed by atoms with E-state index in [1.54, 1.807) is 11.0 Å². The van der Waals surface area contributed by atoms with Gasteiger partial charge in [-0.15, -0.1) is 0 Å². The van der Waals surface area contributed by atoms with Crippen molar-refractivity contribution in [1.82, 2.24) is 20.1 Å². The average Bonchev–Trinajstić information content (AvgIpc) is 2.97. The van der Waals surface area contributed by atoms with Crippen LogP contribution in [0.25, 0.3) is 0 Å². The molecule has 6 heteroatoms. The molecule has 1 aromatic heterocycles. The lowest BCUT2D eigenvalue weighted by Gasteiger charge is -2.12. The van der Waals surface area contributed by atoms with Crippen molar-refractivity contribution >= 4 is 5.91 Å². The summed E-state index contributed by atoms with van der Waals surface area (Å²) in [7, 11) is 0. The Kier molecular flexibility index (Phi) is 5.31. The first-order chi connectivity index (χ1) is 10.2. The molecular weight excluding hydrogens is 268 g/mol. The molecule has 0 aliphatic rings. The van der Waals surface area contributed by atoms with Crippen LogP contribution in [0.1, 0.15) is 17.5 Å². The van der Waals surface area contributed by atoms with Crippen molar-refractivity contribution in [2.24, 2.45) is 0 Å². The van der Waals surface area contributed by atoms with Gasteiger partial charge in [-0.1, -0.05) is 18.2 Å². The highest BCUT2D eigenvalue weighted by Crippen LogP contribution is 2.21. The summed E-state index contributed by atoms with van der Waals surface area (Å²) in [4.78, 5) is 15.5. The van der Waals surface area contributed by atoms with Crippen LogP contribution >= 0.6 is 0 Å². The largest absolute Gasteiger partial charge is 0.491 e. The van der Waals surface area contributed by atoms with Gasteiger partial charge in [-0.3, -0.25) is 9.48 Å². The predicted octanol–water partition coefficient (Wildman–Crippen LogP) is 1.48. The van der Waals surface area contributed by atoms with Gasteiger partial charge in [-0.2, -0.15) is 5.10 Å². The van der Waals surface area contributed by atoms with Crippen LogP contribution in [-0.2, 0) is 11.3 Å². The molecule has 1 N–H and O–H groups in total. The second-order valence-electron chi connectivity index (χ2n) is 4.83. The molecule has 1 amide bonds. The summed E-state index contributed by atoms with van der Waals surface area (Å²) in [5.74, 6) is 0.880. The van der Waals surface area contributed by atoms with Crippen molar-refractivity contribution in [1.29, 1.82) is 0 Å². The summed E-state index contributed by atoms with van der Waals surface area (Å²) in [6, 6.07) is 6.03. The van der Waals surface area contributed by atoms with Crippen LogP contribution in [0.4, 0.5) is 0 Å². The zero-order valence-electron chi connectivity index (χ0n) is 12.4. The molecule has 0 atom stereocenters. The van der Waals surface area contributed by atoms with Crippen LogP contribution in [0.5, 0.6) is 5.75 Å². The summed E-state index contributed by atoms with van der Waals surface area (Å²) in [5.41, 5.74) is 2.21. The normalized spacial score (nSPS) is 10.4. The van der Waals surface area contributed by atoms with Gasteiger partial charge < -0.3 is 10.1 Å². The van der Waals surface area contributed by atoms with Gasteiger partial charge >= 0.3 is 0 Å². The van der Waals surface area contributed by atoms with Gasteiger partial charge in [0.1, 0.15) is 25.0 Å². The zero-order chi connectivity index (χ0) is 15.1. The number of aromatic nitrogens is 3. The fourth-order valence-corrected chi connectivity index (χ4v) is 2.02. The smallest absolute Gasteiger partial charge is 0.221 e. The molecule has 2 aromatic rings. The van der Waals surface area contributed by atoms with Gasteiger partial charge in [0.2, 0.25) is 5.91 Å². The molecular formula is C15H20N4O2. The van der Waals surface area contributed by atoms with Gasteiger partial charge in [0.25, 0.3) is 0 Å². The summed E-state index contributed by atoms with van der Waals surface area (Å²) in [6.07, 6.45) is 3.43. The minimum atomic E-state index is -0.0180. The molecule has 6 nitrogen and oxygen atoms in total. The van der Waals surface area contributed by atoms with E-state index in [2.05, 4.69) is 15.4 Å². The van der Waals surface area contributed by atoms with Gasteiger partial charge in [0.15, 0.2) is 0 Å². The molecule has 2 rings (SSSR count). The van der Waals surface area contributed by atoms with E-state index in [4.69, 9.17) is 4.74 Å². The van der Waals surface area contributed by atoms with E-state index in [9.17, 15) is 4.79 Å². The Balaban J connectivity index is 1.66. The second kappa shape index (κ2) is 7.42. The highest BCUT2D eigenvalue weighted by Gasteiger charge is 2.04. The number of aryl methyl sites for hydroxylation is 3. The third-order valence-electron chi connectivity index (χ3n) is 3.11. The summed E-state index contributed by atoms with van der Waals surface area (Å²) >= 11 is 0. The van der Waals surface area contributed by atoms with E-state index < -0.39 is 0 Å². The first kappa shape index (κ1) is 15.0. The number of hydrogen-bond donors (Lipinski definition) is 1. The molecule has 0 saturated carbocycles. The third-order valence-corrected chi connectivity index (χ3v) is 3.11. The number of rotatable bonds is 7. The number of nitrogens with one attached hydrogen (secondary N) is 1. The van der Waals surface area contributed by atoms with E-state index in [0.717, 1.165) is 16.9 Å². The quantitative estimate of drug-likeness (QED) is 0.784. The van der Waals surface area contributed by atoms with Gasteiger partial charge in [-0.05, 0) is 25.0 Å². The van der Waals surface area contributed by atoms with Crippen molar-refractivity contribution in [3.8, 4) is 5.75 Å². The summed E-state index contributed by atoms with van der Waals surface area (Å²) < 4.78 is 7.36. The van der Waals surface area contributed by atoms with E-state index in [1.807, 2.05) is 32.0 Å². The van der Waals surface area contributed by atoms with Crippen molar-refractivity contribution in [3.05, 3.63) is 42.0 Å². The average molecular weight is 288 g/mol. The van der Waals surface area contributed by atoms with E-state index >= 15 is 0 Å². The molecule has 0 unspecified atom stereocenters. The first-order valence-electron chi connectivity index (χ1n) is 6.95. The number of ether oxygens (including phenoxy) is 1. The van der Waals surface area contributed by atoms with Crippen LogP contribution in [0.15, 0.2) is 30.9 Å². The highest BCUT2D eigenvalue weighted by atomic mass is 16.5. The number of amides is 1. The first-order valence-corrected chi connectivity index (χ1v) is 6.95. The molecule has 112 valence electrons. The Morgan fingerprint density at radius 2 is 2.10 bits per heavy atom. The lowest BCUT2D eigenvalue weighted by Crippen LogP contribution is -2.29. The third kappa shape index (κ3) is 4.59. The van der Waals surface area contributed by atoms with Crippen molar-refractivity contribution in [3.63, 3.8) is 0 Å². The molecule has 0 spiro atoms. The number of carbonyl (C=O) groups is 1. The second-order valence-corrected chi connectivity index (χ2v) is 4.83. The Morgan fingerprint density at radius 3 is 2.76 bits per heavy atom. The number of carbonyl (C=O) groups excluding carboxylic acids is 1. The zero-order valence-corrected chi connectivity index (χ0v) is 12.4. The van der Waals surface area contributed by atoms with Crippen molar-refractivity contribution in [2.45, 2.75) is 26.8 Å². The standard InChI is InChI=1S/C15H20N4O2/c1-12-4-3-5-13(2)15(12)21-9-7-17-14(20)6-8-19-11-16-10-18-19/h3-5,10-11H,6-9H2,1-2H3,(H,17,20). The molecule has 0 bridgehead atoms. The van der Waals surface area contributed by atoms with Crippen LogP contribution < -0.4 is 10.1 Å². The number of benzene rings is 1. The van der Waals surface area contributed by atoms with Gasteiger partial charge in [0.05, 0.1) is 13.1 Å². The maximum absolute atomic E-state index is 11.7. The molecule has 0 radical (unpaired) electrons. The Hall–Kier alpha value is -2.37. The fraction of sp³-hybridized carbons (Fsp3) is 0.400. The number of para-hydroxylation sites is 1. The molecule has 1 heterocycles. The van der Waals surface area contributed by atoms with Crippen molar-refractivity contribution < 1.29 is 9.53 Å². The monoisotopic (exact) mass is 288 g/mol. The number of nitrogens with zero attached hydrogens (tertiary/aromatic N) is 3. The Bertz CT molecular complexity index is 561. The molecule has 0 fully saturated rings. The fourth-order valence-electron chi connectivity index (χ4n) is 2.02. The lowest BCUT2D eigenvalue weighted by atomic mass is 10.1. The van der Waals surface area contributed by atoms with Gasteiger partial charge in [0, 0.05) is 6.42 Å². The minimum absolute atomic E-state index is 0.0180. The van der Waals surface area contributed by atoms with Crippen molar-refractivity contribution in [2.75, 3.05) is 13.2 Å². The van der Waals surface area contributed by atoms with Crippen LogP contribution in [0.2, 0.25) is 0 Å². The molecule has 0 aliphatic heterocycles. The SMILES string of the molecule is Cc1cccc(C)c1OCCNC(=O)CCn1cncn1. The minimum Gasteiger partial charge on any atom is -0.491 e. The molecule has 21 heavy (non-hydrogen) atoms. The summed E-state index contributed by atoms with van der Waals surface area (Å²) in [5, 5.41) is 6.77. The van der Waals surface area contributed by atoms with E-state index in [-0.39, 0.29) is 5.91 Å². The highest BCUT2D eigenvalue weighted by molar-refractivity contribution is 5.75. The predicted molar refractivity (Wildman–Crippen MR) is 79.1 cm³/mol. The number of hydrogen-bond acceptors (Lipinski definition) is 4. The maximum Gasteiger partial charge on any atom is 0.221 e. The summed E-state index contributed by atoms with van der Waals surface area (Å²) in [6.45, 7) is 5.51. The van der Waals surface area contributed by atoms with E-state index in [1.165, 1.54) is 6.33 Å². The molecule has 1 aromatic carbocycles. The van der Waals surface area contributed by atoms with Crippen LogP contribution in [0, 0.1) is 13.8 Å².